The maximum Gasteiger partial charge on any atom is 0.238 e. The molecule has 0 bridgehead atoms. The molecule has 0 unspecified atom stereocenters. The molecule has 0 saturated carbocycles. The summed E-state index contributed by atoms with van der Waals surface area (Å²) < 4.78 is 0. The molecule has 1 atom stereocenters. The number of rotatable bonds is 2. The minimum Gasteiger partial charge on any atom is -0.295 e. The zero-order chi connectivity index (χ0) is 15.8. The van der Waals surface area contributed by atoms with Gasteiger partial charge in [0, 0.05) is 16.6 Å². The fourth-order valence-electron chi connectivity index (χ4n) is 2.80. The van der Waals surface area contributed by atoms with Crippen LogP contribution in [0.5, 0.6) is 0 Å². The molecule has 1 fully saturated rings. The van der Waals surface area contributed by atoms with Gasteiger partial charge in [-0.25, -0.2) is 4.98 Å². The molecule has 114 valence electrons. The molecule has 1 aliphatic heterocycles. The van der Waals surface area contributed by atoms with E-state index < -0.39 is 0 Å². The van der Waals surface area contributed by atoms with Crippen LogP contribution in [-0.4, -0.2) is 16.6 Å². The van der Waals surface area contributed by atoms with Crippen molar-refractivity contribution in [2.24, 2.45) is 0 Å². The molecule has 0 N–H and O–H groups in total. The van der Waals surface area contributed by atoms with Crippen molar-refractivity contribution >= 4 is 45.9 Å². The van der Waals surface area contributed by atoms with Crippen LogP contribution in [0.4, 0.5) is 5.69 Å². The average molecular weight is 341 g/mol. The number of anilines is 1. The Balaban J connectivity index is 1.83. The molecule has 1 amide bonds. The molecule has 1 aromatic heterocycles. The number of carbonyl (C=O) groups excluding carboxylic acids is 1. The molecule has 0 spiro atoms. The van der Waals surface area contributed by atoms with Crippen LogP contribution < -0.4 is 4.90 Å². The zero-order valence-electron chi connectivity index (χ0n) is 12.1. The van der Waals surface area contributed by atoms with Gasteiger partial charge in [-0.3, -0.25) is 9.69 Å². The molecular weight excluding hydrogens is 328 g/mol. The van der Waals surface area contributed by atoms with Gasteiger partial charge in [-0.05, 0) is 24.3 Å². The summed E-state index contributed by atoms with van der Waals surface area (Å²) in [5.74, 6) is 0.540. The molecule has 4 rings (SSSR count). The fourth-order valence-corrected chi connectivity index (χ4v) is 4.30. The van der Waals surface area contributed by atoms with Crippen molar-refractivity contribution in [1.82, 2.24) is 4.98 Å². The average Bonchev–Trinajstić information content (AvgIpc) is 2.96. The Bertz CT molecular complexity index is 885. The summed E-state index contributed by atoms with van der Waals surface area (Å²) in [6.07, 6.45) is 0. The molecule has 0 radical (unpaired) electrons. The third-order valence-electron chi connectivity index (χ3n) is 3.87. The topological polar surface area (TPSA) is 33.2 Å². The van der Waals surface area contributed by atoms with Gasteiger partial charge in [0.25, 0.3) is 0 Å². The number of aromatic nitrogens is 1. The monoisotopic (exact) mass is 340 g/mol. The van der Waals surface area contributed by atoms with E-state index in [-0.39, 0.29) is 11.3 Å². The molecule has 0 aliphatic carbocycles. The number of benzene rings is 2. The Kier molecular flexibility index (Phi) is 3.71. The van der Waals surface area contributed by atoms with E-state index in [1.165, 1.54) is 0 Å². The van der Waals surface area contributed by atoms with Gasteiger partial charge in [-0.1, -0.05) is 48.0 Å². The minimum absolute atomic E-state index is 0.0930. The molecular formula is C18H13ClN2OS. The molecule has 5 heteroatoms. The van der Waals surface area contributed by atoms with Crippen LogP contribution >= 0.6 is 23.4 Å². The van der Waals surface area contributed by atoms with Gasteiger partial charge in [-0.15, -0.1) is 11.8 Å². The van der Waals surface area contributed by atoms with Gasteiger partial charge >= 0.3 is 0 Å². The normalized spacial score (nSPS) is 17.9. The van der Waals surface area contributed by atoms with Crippen LogP contribution in [0.2, 0.25) is 5.15 Å². The van der Waals surface area contributed by atoms with Gasteiger partial charge in [-0.2, -0.15) is 0 Å². The van der Waals surface area contributed by atoms with Crippen molar-refractivity contribution in [2.45, 2.75) is 5.37 Å². The molecule has 3 nitrogen and oxygen atoms in total. The highest BCUT2D eigenvalue weighted by Crippen LogP contribution is 2.44. The van der Waals surface area contributed by atoms with Crippen LogP contribution in [0.15, 0.2) is 60.7 Å². The van der Waals surface area contributed by atoms with Gasteiger partial charge < -0.3 is 0 Å². The van der Waals surface area contributed by atoms with E-state index in [1.54, 1.807) is 11.8 Å². The lowest BCUT2D eigenvalue weighted by atomic mass is 10.1. The molecule has 1 saturated heterocycles. The van der Waals surface area contributed by atoms with E-state index in [1.807, 2.05) is 65.6 Å². The van der Waals surface area contributed by atoms with E-state index >= 15 is 0 Å². The predicted molar refractivity (Wildman–Crippen MR) is 95.9 cm³/mol. The second-order valence-corrected chi connectivity index (χ2v) is 6.75. The summed E-state index contributed by atoms with van der Waals surface area (Å²) in [4.78, 5) is 18.7. The Hall–Kier alpha value is -2.04. The van der Waals surface area contributed by atoms with Crippen LogP contribution in [-0.2, 0) is 4.79 Å². The Morgan fingerprint density at radius 3 is 2.65 bits per heavy atom. The van der Waals surface area contributed by atoms with Gasteiger partial charge in [0.05, 0.1) is 11.3 Å². The number of hydrogen-bond acceptors (Lipinski definition) is 3. The second kappa shape index (κ2) is 5.87. The number of para-hydroxylation sites is 2. The Labute approximate surface area is 143 Å². The van der Waals surface area contributed by atoms with E-state index in [0.717, 1.165) is 22.2 Å². The SMILES string of the molecule is O=C1CS[C@H](c2cc3ccccc3nc2Cl)N1c1ccccc1. The smallest absolute Gasteiger partial charge is 0.238 e. The Morgan fingerprint density at radius 2 is 1.83 bits per heavy atom. The highest BCUT2D eigenvalue weighted by Gasteiger charge is 2.35. The number of amides is 1. The first kappa shape index (κ1) is 14.5. The lowest BCUT2D eigenvalue weighted by Gasteiger charge is -2.25. The first-order valence-corrected chi connectivity index (χ1v) is 8.70. The maximum atomic E-state index is 12.4. The van der Waals surface area contributed by atoms with Crippen molar-refractivity contribution in [1.29, 1.82) is 0 Å². The van der Waals surface area contributed by atoms with Crippen molar-refractivity contribution in [3.8, 4) is 0 Å². The zero-order valence-corrected chi connectivity index (χ0v) is 13.7. The van der Waals surface area contributed by atoms with Crippen LogP contribution in [0.25, 0.3) is 10.9 Å². The number of carbonyl (C=O) groups is 1. The summed E-state index contributed by atoms with van der Waals surface area (Å²) >= 11 is 8.00. The summed E-state index contributed by atoms with van der Waals surface area (Å²) in [6.45, 7) is 0. The number of halogens is 1. The van der Waals surface area contributed by atoms with Gasteiger partial charge in [0.1, 0.15) is 10.5 Å². The number of nitrogens with zero attached hydrogens (tertiary/aromatic N) is 2. The minimum atomic E-state index is -0.144. The maximum absolute atomic E-state index is 12.4. The van der Waals surface area contributed by atoms with Gasteiger partial charge in [0.15, 0.2) is 0 Å². The third kappa shape index (κ3) is 2.58. The van der Waals surface area contributed by atoms with Crippen LogP contribution in [0, 0.1) is 0 Å². The lowest BCUT2D eigenvalue weighted by molar-refractivity contribution is -0.115. The first-order valence-electron chi connectivity index (χ1n) is 7.28. The van der Waals surface area contributed by atoms with Crippen molar-refractivity contribution in [3.05, 3.63) is 71.4 Å². The molecule has 23 heavy (non-hydrogen) atoms. The quantitative estimate of drug-likeness (QED) is 0.636. The number of thioether (sulfide) groups is 1. The summed E-state index contributed by atoms with van der Waals surface area (Å²) in [5, 5.41) is 1.34. The second-order valence-electron chi connectivity index (χ2n) is 5.32. The summed E-state index contributed by atoms with van der Waals surface area (Å²) in [7, 11) is 0. The molecule has 3 aromatic rings. The van der Waals surface area contributed by atoms with Crippen LogP contribution in [0.1, 0.15) is 10.9 Å². The van der Waals surface area contributed by atoms with Crippen molar-refractivity contribution in [3.63, 3.8) is 0 Å². The molecule has 2 heterocycles. The third-order valence-corrected chi connectivity index (χ3v) is 5.37. The van der Waals surface area contributed by atoms with E-state index in [9.17, 15) is 4.79 Å². The number of fused-ring (bicyclic) bond motifs is 1. The lowest BCUT2D eigenvalue weighted by Crippen LogP contribution is -2.28. The highest BCUT2D eigenvalue weighted by atomic mass is 35.5. The number of pyridine rings is 1. The van der Waals surface area contributed by atoms with E-state index in [2.05, 4.69) is 4.98 Å². The predicted octanol–water partition coefficient (Wildman–Crippen LogP) is 4.67. The standard InChI is InChI=1S/C18H13ClN2OS/c19-17-14(10-12-6-4-5-9-15(12)20-17)18-21(16(22)11-23-18)13-7-2-1-3-8-13/h1-10,18H,11H2/t18-/m1/s1. The van der Waals surface area contributed by atoms with E-state index in [0.29, 0.717) is 10.9 Å². The molecule has 1 aliphatic rings. The van der Waals surface area contributed by atoms with Crippen LogP contribution in [0.3, 0.4) is 0 Å². The number of hydrogen-bond donors (Lipinski definition) is 0. The summed E-state index contributed by atoms with van der Waals surface area (Å²) in [6, 6.07) is 19.6. The van der Waals surface area contributed by atoms with E-state index in [4.69, 9.17) is 11.6 Å². The van der Waals surface area contributed by atoms with Gasteiger partial charge in [0.2, 0.25) is 5.91 Å². The Morgan fingerprint density at radius 1 is 1.09 bits per heavy atom. The first-order chi connectivity index (χ1) is 11.2. The fraction of sp³-hybridized carbons (Fsp3) is 0.111. The largest absolute Gasteiger partial charge is 0.295 e. The molecule has 2 aromatic carbocycles. The van der Waals surface area contributed by atoms with Crippen molar-refractivity contribution in [2.75, 3.05) is 10.7 Å². The highest BCUT2D eigenvalue weighted by molar-refractivity contribution is 8.00. The summed E-state index contributed by atoms with van der Waals surface area (Å²) in [5.41, 5.74) is 2.63. The van der Waals surface area contributed by atoms with Crippen molar-refractivity contribution < 1.29 is 4.79 Å².